The van der Waals surface area contributed by atoms with Crippen LogP contribution in [0.15, 0.2) is 188 Å². The van der Waals surface area contributed by atoms with Crippen molar-refractivity contribution in [3.8, 4) is 67.5 Å². The van der Waals surface area contributed by atoms with E-state index in [-0.39, 0.29) is 0 Å². The zero-order chi connectivity index (χ0) is 37.3. The third-order valence-electron chi connectivity index (χ3n) is 10.4. The third-order valence-corrected chi connectivity index (χ3v) is 10.4. The summed E-state index contributed by atoms with van der Waals surface area (Å²) in [6, 6.07) is 58.9. The number of hydrogen-bond donors (Lipinski definition) is 0. The third kappa shape index (κ3) is 6.46. The van der Waals surface area contributed by atoms with Crippen molar-refractivity contribution in [2.45, 2.75) is 12.8 Å². The summed E-state index contributed by atoms with van der Waals surface area (Å²) in [6.45, 7) is 0. The Balaban J connectivity index is 1.02. The van der Waals surface area contributed by atoms with Crippen LogP contribution in [0.2, 0.25) is 0 Å². The first-order chi connectivity index (χ1) is 27.7. The molecule has 0 saturated carbocycles. The van der Waals surface area contributed by atoms with Crippen LogP contribution < -0.4 is 0 Å². The summed E-state index contributed by atoms with van der Waals surface area (Å²) in [7, 11) is 0. The van der Waals surface area contributed by atoms with E-state index in [1.807, 2.05) is 54.6 Å². The first kappa shape index (κ1) is 33.2. The highest BCUT2D eigenvalue weighted by Gasteiger charge is 2.16. The highest BCUT2D eigenvalue weighted by Crippen LogP contribution is 2.37. The Kier molecular flexibility index (Phi) is 8.58. The van der Waals surface area contributed by atoms with Crippen molar-refractivity contribution in [3.63, 3.8) is 0 Å². The lowest BCUT2D eigenvalue weighted by atomic mass is 9.95. The molecule has 5 nitrogen and oxygen atoms in total. The molecular formula is C51H35N5. The summed E-state index contributed by atoms with van der Waals surface area (Å²) in [5, 5.41) is 2.13. The molecule has 3 heterocycles. The van der Waals surface area contributed by atoms with Crippen molar-refractivity contribution in [2.75, 3.05) is 0 Å². The molecule has 6 aromatic carbocycles. The van der Waals surface area contributed by atoms with Crippen molar-refractivity contribution < 1.29 is 0 Å². The topological polar surface area (TPSA) is 64.5 Å². The summed E-state index contributed by atoms with van der Waals surface area (Å²) in [5.74, 6) is 2.03. The number of pyridine rings is 2. The van der Waals surface area contributed by atoms with Gasteiger partial charge in [0.05, 0.1) is 22.4 Å². The minimum atomic E-state index is 0.660. The fraction of sp³-hybridized carbons (Fsp3) is 0.0392. The molecule has 10 rings (SSSR count). The van der Waals surface area contributed by atoms with Crippen molar-refractivity contribution in [1.29, 1.82) is 0 Å². The van der Waals surface area contributed by atoms with E-state index in [9.17, 15) is 0 Å². The lowest BCUT2D eigenvalue weighted by molar-refractivity contribution is 1.01. The van der Waals surface area contributed by atoms with Crippen LogP contribution in [0.25, 0.3) is 94.9 Å². The van der Waals surface area contributed by atoms with Crippen molar-refractivity contribution >= 4 is 27.4 Å². The zero-order valence-electron chi connectivity index (χ0n) is 30.5. The van der Waals surface area contributed by atoms with Crippen LogP contribution in [0.5, 0.6) is 0 Å². The van der Waals surface area contributed by atoms with Gasteiger partial charge in [-0.3, -0.25) is 0 Å². The van der Waals surface area contributed by atoms with E-state index in [1.165, 1.54) is 0 Å². The first-order valence-corrected chi connectivity index (χ1v) is 19.0. The van der Waals surface area contributed by atoms with E-state index in [2.05, 4.69) is 133 Å². The smallest absolute Gasteiger partial charge is 0.164 e. The highest BCUT2D eigenvalue weighted by molar-refractivity contribution is 6.09. The minimum absolute atomic E-state index is 0.660. The van der Waals surface area contributed by atoms with Crippen LogP contribution in [0.4, 0.5) is 0 Å². The van der Waals surface area contributed by atoms with Crippen molar-refractivity contribution in [3.05, 3.63) is 194 Å². The fourth-order valence-electron chi connectivity index (χ4n) is 7.42. The molecule has 0 bridgehead atoms. The maximum Gasteiger partial charge on any atom is 0.164 e. The van der Waals surface area contributed by atoms with Gasteiger partial charge in [-0.1, -0.05) is 176 Å². The summed E-state index contributed by atoms with van der Waals surface area (Å²) in [5.41, 5.74) is 13.2. The van der Waals surface area contributed by atoms with Gasteiger partial charge in [0.15, 0.2) is 17.5 Å². The molecule has 3 aromatic heterocycles. The Morgan fingerprint density at radius 3 is 1.50 bits per heavy atom. The second-order valence-corrected chi connectivity index (χ2v) is 14.0. The second kappa shape index (κ2) is 14.5. The highest BCUT2D eigenvalue weighted by atomic mass is 15.0. The standard InChI is InChI=1S/C51H35N5/c1-5-13-37(14-6-1)45-32-30-39-29-31-43-44(33-46(38-15-7-2-8-16-38)53-48(43)47(39)52-45)36-25-21-34(22-26-36)35-23-27-42(28-24-35)51-55-49(40-17-9-3-10-18-40)54-50(56-51)41-19-11-4-12-20-41/h1-3,5-11,13-33H,4,12H2. The van der Waals surface area contributed by atoms with E-state index >= 15 is 0 Å². The summed E-state index contributed by atoms with van der Waals surface area (Å²) < 4.78 is 0. The van der Waals surface area contributed by atoms with E-state index < -0.39 is 0 Å². The average Bonchev–Trinajstić information content (AvgIpc) is 3.29. The monoisotopic (exact) mass is 717 g/mol. The maximum absolute atomic E-state index is 5.26. The summed E-state index contributed by atoms with van der Waals surface area (Å²) in [6.07, 6.45) is 8.52. The van der Waals surface area contributed by atoms with Gasteiger partial charge in [-0.2, -0.15) is 0 Å². The molecule has 56 heavy (non-hydrogen) atoms. The molecule has 0 atom stereocenters. The number of fused-ring (bicyclic) bond motifs is 3. The molecule has 1 aliphatic rings. The fourth-order valence-corrected chi connectivity index (χ4v) is 7.42. The molecule has 0 N–H and O–H groups in total. The number of benzene rings is 6. The van der Waals surface area contributed by atoms with Gasteiger partial charge in [0.1, 0.15) is 0 Å². The number of aromatic nitrogens is 5. The molecule has 9 aromatic rings. The molecule has 5 heteroatoms. The molecule has 0 spiro atoms. The molecule has 264 valence electrons. The Morgan fingerprint density at radius 2 is 0.875 bits per heavy atom. The summed E-state index contributed by atoms with van der Waals surface area (Å²) >= 11 is 0. The Labute approximate surface area is 325 Å². The van der Waals surface area contributed by atoms with E-state index in [1.54, 1.807) is 0 Å². The van der Waals surface area contributed by atoms with Gasteiger partial charge in [0, 0.05) is 38.6 Å². The predicted octanol–water partition coefficient (Wildman–Crippen LogP) is 12.7. The Morgan fingerprint density at radius 1 is 0.357 bits per heavy atom. The normalized spacial score (nSPS) is 12.5. The molecule has 0 aliphatic heterocycles. The van der Waals surface area contributed by atoms with Gasteiger partial charge in [0.2, 0.25) is 0 Å². The molecule has 0 unspecified atom stereocenters. The first-order valence-electron chi connectivity index (χ1n) is 19.0. The van der Waals surface area contributed by atoms with Gasteiger partial charge in [-0.05, 0) is 47.2 Å². The van der Waals surface area contributed by atoms with Gasteiger partial charge in [-0.15, -0.1) is 0 Å². The van der Waals surface area contributed by atoms with E-state index in [4.69, 9.17) is 24.9 Å². The van der Waals surface area contributed by atoms with E-state index in [0.717, 1.165) is 96.1 Å². The zero-order valence-corrected chi connectivity index (χ0v) is 30.5. The van der Waals surface area contributed by atoms with Crippen molar-refractivity contribution in [2.24, 2.45) is 0 Å². The van der Waals surface area contributed by atoms with Crippen LogP contribution in [-0.4, -0.2) is 24.9 Å². The van der Waals surface area contributed by atoms with E-state index in [0.29, 0.717) is 17.5 Å². The van der Waals surface area contributed by atoms with Crippen LogP contribution in [0, 0.1) is 0 Å². The predicted molar refractivity (Wildman–Crippen MR) is 229 cm³/mol. The lowest BCUT2D eigenvalue weighted by Crippen LogP contribution is -2.03. The lowest BCUT2D eigenvalue weighted by Gasteiger charge is -2.13. The second-order valence-electron chi connectivity index (χ2n) is 14.0. The number of nitrogens with zero attached hydrogens (tertiary/aromatic N) is 5. The number of rotatable bonds is 7. The van der Waals surface area contributed by atoms with Gasteiger partial charge >= 0.3 is 0 Å². The quantitative estimate of drug-likeness (QED) is 0.154. The average molecular weight is 718 g/mol. The number of hydrogen-bond acceptors (Lipinski definition) is 5. The van der Waals surface area contributed by atoms with Gasteiger partial charge < -0.3 is 0 Å². The molecule has 0 saturated heterocycles. The van der Waals surface area contributed by atoms with Crippen LogP contribution >= 0.6 is 0 Å². The summed E-state index contributed by atoms with van der Waals surface area (Å²) in [4.78, 5) is 25.2. The maximum atomic E-state index is 5.26. The minimum Gasteiger partial charge on any atom is -0.245 e. The Bertz CT molecular complexity index is 2920. The molecule has 0 radical (unpaired) electrons. The van der Waals surface area contributed by atoms with Crippen LogP contribution in [0.3, 0.4) is 0 Å². The van der Waals surface area contributed by atoms with Crippen LogP contribution in [0.1, 0.15) is 18.7 Å². The van der Waals surface area contributed by atoms with Gasteiger partial charge in [-0.25, -0.2) is 24.9 Å². The Hall–Kier alpha value is -7.37. The molecule has 1 aliphatic carbocycles. The molecule has 0 fully saturated rings. The van der Waals surface area contributed by atoms with Gasteiger partial charge in [0.25, 0.3) is 0 Å². The van der Waals surface area contributed by atoms with Crippen LogP contribution in [-0.2, 0) is 0 Å². The van der Waals surface area contributed by atoms with Crippen molar-refractivity contribution in [1.82, 2.24) is 24.9 Å². The number of allylic oxidation sites excluding steroid dienone is 4. The largest absolute Gasteiger partial charge is 0.245 e. The molecular weight excluding hydrogens is 683 g/mol. The molecule has 0 amide bonds. The SMILES string of the molecule is C1=CC(c2nc(-c3ccccc3)nc(-c3ccc(-c4ccc(-c5cc(-c6ccccc6)nc6c5ccc5ccc(-c7ccccc7)nc56)cc4)cc3)n2)=CCC1.